The van der Waals surface area contributed by atoms with Gasteiger partial charge in [-0.3, -0.25) is 14.8 Å². The van der Waals surface area contributed by atoms with Crippen molar-refractivity contribution in [3.63, 3.8) is 0 Å². The highest BCUT2D eigenvalue weighted by Crippen LogP contribution is 2.45. The number of allylic oxidation sites excluding steroid dienone is 2. The maximum Gasteiger partial charge on any atom is 0.226 e. The molecule has 0 saturated heterocycles. The number of anilines is 1. The minimum absolute atomic E-state index is 0.0865. The average molecular weight is 372 g/mol. The van der Waals surface area contributed by atoms with Crippen LogP contribution in [-0.2, 0) is 4.79 Å². The zero-order valence-corrected chi connectivity index (χ0v) is 15.8. The number of aromatic nitrogens is 5. The quantitative estimate of drug-likeness (QED) is 0.742. The minimum atomic E-state index is -0.332. The molecule has 0 spiro atoms. The van der Waals surface area contributed by atoms with Gasteiger partial charge in [0.1, 0.15) is 6.04 Å². The van der Waals surface area contributed by atoms with Crippen LogP contribution in [0.25, 0.3) is 11.4 Å². The smallest absolute Gasteiger partial charge is 0.226 e. The molecule has 0 aromatic carbocycles. The van der Waals surface area contributed by atoms with Gasteiger partial charge in [-0.15, -0.1) is 5.10 Å². The Bertz CT molecular complexity index is 1080. The van der Waals surface area contributed by atoms with E-state index in [1.807, 2.05) is 24.3 Å². The second-order valence-electron chi connectivity index (χ2n) is 8.09. The lowest BCUT2D eigenvalue weighted by molar-refractivity contribution is -0.118. The molecule has 2 aliphatic rings. The van der Waals surface area contributed by atoms with Crippen LogP contribution in [0.2, 0.25) is 0 Å². The first kappa shape index (κ1) is 16.8. The summed E-state index contributed by atoms with van der Waals surface area (Å²) in [6, 6.07) is 7.32. The molecule has 0 amide bonds. The van der Waals surface area contributed by atoms with Crippen LogP contribution in [0.4, 0.5) is 5.95 Å². The molecule has 0 fully saturated rings. The predicted molar refractivity (Wildman–Crippen MR) is 104 cm³/mol. The summed E-state index contributed by atoms with van der Waals surface area (Å²) in [5.74, 6) is 1.37. The topological polar surface area (TPSA) is 85.6 Å². The van der Waals surface area contributed by atoms with Crippen molar-refractivity contribution in [2.45, 2.75) is 32.7 Å². The number of pyridine rings is 2. The summed E-state index contributed by atoms with van der Waals surface area (Å²) in [6.45, 7) is 4.24. The van der Waals surface area contributed by atoms with Crippen molar-refractivity contribution >= 4 is 11.7 Å². The lowest BCUT2D eigenvalue weighted by Gasteiger charge is -2.38. The van der Waals surface area contributed by atoms with E-state index in [9.17, 15) is 4.79 Å². The molecule has 0 bridgehead atoms. The first-order chi connectivity index (χ1) is 13.5. The van der Waals surface area contributed by atoms with Crippen LogP contribution in [0.5, 0.6) is 0 Å². The number of nitrogens with zero attached hydrogens (tertiary/aromatic N) is 5. The molecule has 4 heterocycles. The molecular formula is C21H20N6O. The summed E-state index contributed by atoms with van der Waals surface area (Å²) in [4.78, 5) is 26.2. The van der Waals surface area contributed by atoms with Gasteiger partial charge in [0, 0.05) is 48.0 Å². The molecule has 0 radical (unpaired) electrons. The van der Waals surface area contributed by atoms with E-state index in [-0.39, 0.29) is 17.2 Å². The predicted octanol–water partition coefficient (Wildman–Crippen LogP) is 3.39. The molecule has 28 heavy (non-hydrogen) atoms. The molecule has 1 aliphatic carbocycles. The highest BCUT2D eigenvalue weighted by atomic mass is 16.1. The molecule has 1 atom stereocenters. The Morgan fingerprint density at radius 2 is 1.89 bits per heavy atom. The Hall–Kier alpha value is -3.35. The standard InChI is InChI=1S/C21H20N6O/c1-21(2)9-15-17(16(28)10-21)18(13-5-3-7-22-11-13)27-20(24-15)25-19(26-27)14-6-4-8-23-12-14/h3-8,11-12,18H,9-10H2,1-2H3,(H,24,25,26). The van der Waals surface area contributed by atoms with E-state index < -0.39 is 0 Å². The molecule has 1 aliphatic heterocycles. The number of Topliss-reactive ketones (excluding diaryl/α,β-unsaturated/α-hetero) is 1. The first-order valence-corrected chi connectivity index (χ1v) is 9.32. The van der Waals surface area contributed by atoms with Crippen molar-refractivity contribution in [3.8, 4) is 11.4 Å². The Kier molecular flexibility index (Phi) is 3.65. The Morgan fingerprint density at radius 3 is 2.61 bits per heavy atom. The van der Waals surface area contributed by atoms with Gasteiger partial charge in [-0.25, -0.2) is 4.68 Å². The lowest BCUT2D eigenvalue weighted by Crippen LogP contribution is -2.36. The Morgan fingerprint density at radius 1 is 1.11 bits per heavy atom. The van der Waals surface area contributed by atoms with Crippen LogP contribution >= 0.6 is 0 Å². The number of hydrogen-bond donors (Lipinski definition) is 1. The molecular weight excluding hydrogens is 352 g/mol. The number of rotatable bonds is 2. The summed E-state index contributed by atoms with van der Waals surface area (Å²) < 4.78 is 1.80. The SMILES string of the molecule is CC1(C)CC(=O)C2=C(C1)Nc1nc(-c3cccnc3)nn1C2c1cccnc1. The lowest BCUT2D eigenvalue weighted by atomic mass is 9.73. The van der Waals surface area contributed by atoms with Crippen LogP contribution in [0.1, 0.15) is 38.3 Å². The molecule has 140 valence electrons. The van der Waals surface area contributed by atoms with Crippen molar-refractivity contribution < 1.29 is 4.79 Å². The number of carbonyl (C=O) groups excluding carboxylic acids is 1. The number of fused-ring (bicyclic) bond motifs is 1. The van der Waals surface area contributed by atoms with Crippen molar-refractivity contribution in [1.29, 1.82) is 0 Å². The molecule has 1 unspecified atom stereocenters. The summed E-state index contributed by atoms with van der Waals surface area (Å²) >= 11 is 0. The van der Waals surface area contributed by atoms with Gasteiger partial charge in [0.05, 0.1) is 0 Å². The van der Waals surface area contributed by atoms with Gasteiger partial charge in [0.2, 0.25) is 5.95 Å². The van der Waals surface area contributed by atoms with E-state index in [0.717, 1.165) is 28.8 Å². The highest BCUT2D eigenvalue weighted by molar-refractivity contribution is 6.00. The van der Waals surface area contributed by atoms with Gasteiger partial charge in [-0.05, 0) is 35.6 Å². The largest absolute Gasteiger partial charge is 0.328 e. The van der Waals surface area contributed by atoms with Crippen LogP contribution in [0, 0.1) is 5.41 Å². The molecule has 7 heteroatoms. The van der Waals surface area contributed by atoms with E-state index in [4.69, 9.17) is 10.1 Å². The fraction of sp³-hybridized carbons (Fsp3) is 0.286. The summed E-state index contributed by atoms with van der Waals surface area (Å²) in [7, 11) is 0. The molecule has 0 saturated carbocycles. The highest BCUT2D eigenvalue weighted by Gasteiger charge is 2.41. The number of carbonyl (C=O) groups is 1. The zero-order valence-electron chi connectivity index (χ0n) is 15.8. The monoisotopic (exact) mass is 372 g/mol. The second kappa shape index (κ2) is 6.09. The summed E-state index contributed by atoms with van der Waals surface area (Å²) in [6.07, 6.45) is 8.29. The van der Waals surface area contributed by atoms with E-state index in [1.54, 1.807) is 29.5 Å². The summed E-state index contributed by atoms with van der Waals surface area (Å²) in [5.41, 5.74) is 3.38. The van der Waals surface area contributed by atoms with Crippen molar-refractivity contribution in [3.05, 3.63) is 65.9 Å². The van der Waals surface area contributed by atoms with Gasteiger partial charge in [0.25, 0.3) is 0 Å². The Balaban J connectivity index is 1.69. The molecule has 5 rings (SSSR count). The number of nitrogens with one attached hydrogen (secondary N) is 1. The van der Waals surface area contributed by atoms with Crippen LogP contribution < -0.4 is 5.32 Å². The molecule has 3 aromatic heterocycles. The summed E-state index contributed by atoms with van der Waals surface area (Å²) in [5, 5.41) is 8.11. The maximum atomic E-state index is 13.1. The van der Waals surface area contributed by atoms with E-state index in [1.165, 1.54) is 0 Å². The van der Waals surface area contributed by atoms with Crippen molar-refractivity contribution in [1.82, 2.24) is 24.7 Å². The third kappa shape index (κ3) is 2.70. The van der Waals surface area contributed by atoms with Crippen LogP contribution in [-0.4, -0.2) is 30.5 Å². The minimum Gasteiger partial charge on any atom is -0.328 e. The third-order valence-corrected chi connectivity index (χ3v) is 5.25. The zero-order chi connectivity index (χ0) is 19.3. The van der Waals surface area contributed by atoms with E-state index >= 15 is 0 Å². The second-order valence-corrected chi connectivity index (χ2v) is 8.09. The van der Waals surface area contributed by atoms with Crippen LogP contribution in [0.3, 0.4) is 0 Å². The maximum absolute atomic E-state index is 13.1. The van der Waals surface area contributed by atoms with E-state index in [2.05, 4.69) is 29.1 Å². The van der Waals surface area contributed by atoms with Gasteiger partial charge in [-0.1, -0.05) is 19.9 Å². The van der Waals surface area contributed by atoms with Crippen LogP contribution in [0.15, 0.2) is 60.3 Å². The van der Waals surface area contributed by atoms with Gasteiger partial charge in [0.15, 0.2) is 11.6 Å². The normalized spacial score (nSPS) is 20.4. The average Bonchev–Trinajstić information content (AvgIpc) is 3.10. The van der Waals surface area contributed by atoms with Crippen molar-refractivity contribution in [2.75, 3.05) is 5.32 Å². The number of hydrogen-bond acceptors (Lipinski definition) is 6. The fourth-order valence-corrected chi connectivity index (χ4v) is 4.07. The van der Waals surface area contributed by atoms with Gasteiger partial charge in [-0.2, -0.15) is 4.98 Å². The molecule has 3 aromatic rings. The molecule has 7 nitrogen and oxygen atoms in total. The first-order valence-electron chi connectivity index (χ1n) is 9.32. The van der Waals surface area contributed by atoms with Gasteiger partial charge < -0.3 is 5.32 Å². The number of ketones is 1. The van der Waals surface area contributed by atoms with E-state index in [0.29, 0.717) is 18.2 Å². The van der Waals surface area contributed by atoms with Crippen molar-refractivity contribution in [2.24, 2.45) is 5.41 Å². The Labute approximate surface area is 162 Å². The van der Waals surface area contributed by atoms with Gasteiger partial charge >= 0.3 is 0 Å². The molecule has 1 N–H and O–H groups in total. The third-order valence-electron chi connectivity index (χ3n) is 5.25. The fourth-order valence-electron chi connectivity index (χ4n) is 4.07.